The molecule has 45 heavy (non-hydrogen) atoms. The molecule has 3 aromatic rings. The highest BCUT2D eigenvalue weighted by Gasteiger charge is 2.45. The fourth-order valence-electron chi connectivity index (χ4n) is 7.13. The summed E-state index contributed by atoms with van der Waals surface area (Å²) in [6, 6.07) is 17.7. The molecule has 1 N–H and O–H groups in total. The van der Waals surface area contributed by atoms with Crippen molar-refractivity contribution in [2.24, 2.45) is 0 Å². The van der Waals surface area contributed by atoms with Crippen LogP contribution in [-0.4, -0.2) is 64.7 Å². The van der Waals surface area contributed by atoms with Gasteiger partial charge in [-0.3, -0.25) is 14.5 Å². The summed E-state index contributed by atoms with van der Waals surface area (Å²) in [5.41, 5.74) is 6.00. The first-order valence-electron chi connectivity index (χ1n) is 16.6. The zero-order valence-electron chi connectivity index (χ0n) is 27.1. The number of aromatic nitrogens is 1. The number of nitrogens with zero attached hydrogens (tertiary/aromatic N) is 4. The monoisotopic (exact) mass is 627 g/mol. The van der Waals surface area contributed by atoms with E-state index in [0.717, 1.165) is 86.4 Å². The molecule has 2 atom stereocenters. The number of unbranched alkanes of at least 4 members (excludes halogenated alkanes) is 1. The summed E-state index contributed by atoms with van der Waals surface area (Å²) in [4.78, 5) is 39.6. The van der Waals surface area contributed by atoms with Gasteiger partial charge in [-0.1, -0.05) is 61.7 Å². The van der Waals surface area contributed by atoms with E-state index >= 15 is 0 Å². The van der Waals surface area contributed by atoms with Crippen molar-refractivity contribution in [3.63, 3.8) is 0 Å². The Hall–Kier alpha value is -3.26. The SMILES string of the molecule is CCCCC(c1cc(NC(=O)C2c3ccccc3C(=O)N2C2CCN(Cc3ccc(Cl)c(C)c3)CC2)nc(C2CC2)c1)N(C)C. The van der Waals surface area contributed by atoms with Crippen molar-refractivity contribution in [2.45, 2.75) is 89.4 Å². The van der Waals surface area contributed by atoms with Crippen LogP contribution in [0.1, 0.15) is 108 Å². The van der Waals surface area contributed by atoms with Crippen LogP contribution < -0.4 is 5.32 Å². The normalized spacial score (nSPS) is 19.6. The molecule has 2 fully saturated rings. The summed E-state index contributed by atoms with van der Waals surface area (Å²) in [6.07, 6.45) is 7.24. The number of amides is 2. The topological polar surface area (TPSA) is 68.8 Å². The minimum absolute atomic E-state index is 0.0164. The van der Waals surface area contributed by atoms with Gasteiger partial charge in [0.2, 0.25) is 0 Å². The lowest BCUT2D eigenvalue weighted by Gasteiger charge is -2.39. The van der Waals surface area contributed by atoms with Gasteiger partial charge in [0.25, 0.3) is 11.8 Å². The minimum Gasteiger partial charge on any atom is -0.319 e. The largest absolute Gasteiger partial charge is 0.319 e. The quantitative estimate of drug-likeness (QED) is 0.238. The Kier molecular flexibility index (Phi) is 9.60. The molecule has 7 nitrogen and oxygen atoms in total. The highest BCUT2D eigenvalue weighted by atomic mass is 35.5. The van der Waals surface area contributed by atoms with Crippen molar-refractivity contribution in [3.05, 3.63) is 93.1 Å². The Labute approximate surface area is 273 Å². The van der Waals surface area contributed by atoms with E-state index in [1.54, 1.807) is 0 Å². The van der Waals surface area contributed by atoms with Crippen LogP contribution in [0.25, 0.3) is 0 Å². The van der Waals surface area contributed by atoms with Crippen LogP contribution in [0.4, 0.5) is 5.82 Å². The van der Waals surface area contributed by atoms with Gasteiger partial charge < -0.3 is 15.1 Å². The van der Waals surface area contributed by atoms with Gasteiger partial charge in [0.1, 0.15) is 11.9 Å². The molecule has 1 saturated carbocycles. The Morgan fingerprint density at radius 1 is 1.07 bits per heavy atom. The fraction of sp³-hybridized carbons (Fsp3) is 0.486. The Morgan fingerprint density at radius 3 is 2.51 bits per heavy atom. The molecule has 0 bridgehead atoms. The van der Waals surface area contributed by atoms with E-state index in [2.05, 4.69) is 54.3 Å². The number of halogens is 1. The number of fused-ring (bicyclic) bond motifs is 1. The second-order valence-electron chi connectivity index (χ2n) is 13.4. The molecule has 2 unspecified atom stereocenters. The van der Waals surface area contributed by atoms with Gasteiger partial charge in [-0.2, -0.15) is 0 Å². The maximum Gasteiger partial charge on any atom is 0.255 e. The molecule has 0 radical (unpaired) electrons. The van der Waals surface area contributed by atoms with Crippen LogP contribution in [0.5, 0.6) is 0 Å². The van der Waals surface area contributed by atoms with Gasteiger partial charge >= 0.3 is 0 Å². The first kappa shape index (κ1) is 31.7. The Bertz CT molecular complexity index is 1550. The highest BCUT2D eigenvalue weighted by Crippen LogP contribution is 2.42. The highest BCUT2D eigenvalue weighted by molar-refractivity contribution is 6.31. The standard InChI is InChI=1S/C37H46ClN5O2/c1-5-6-11-33(41(3)4)27-21-32(26-13-14-26)39-34(22-27)40-36(44)35-29-9-7-8-10-30(29)37(45)43(35)28-16-18-42(19-17-28)23-25-12-15-31(38)24(2)20-25/h7-10,12,15,20-22,26,28,33,35H,5-6,11,13-14,16-19,23H2,1-4H3,(H,39,40,44). The Balaban J connectivity index is 1.22. The Morgan fingerprint density at radius 2 is 1.82 bits per heavy atom. The van der Waals surface area contributed by atoms with Crippen LogP contribution in [0, 0.1) is 6.92 Å². The van der Waals surface area contributed by atoms with Crippen molar-refractivity contribution < 1.29 is 9.59 Å². The molecule has 2 aliphatic heterocycles. The molecule has 1 aliphatic carbocycles. The van der Waals surface area contributed by atoms with Gasteiger partial charge in [0.05, 0.1) is 0 Å². The van der Waals surface area contributed by atoms with Crippen LogP contribution in [0.2, 0.25) is 5.02 Å². The molecule has 2 amide bonds. The molecule has 238 valence electrons. The van der Waals surface area contributed by atoms with Crippen LogP contribution in [0.3, 0.4) is 0 Å². The third-order valence-electron chi connectivity index (χ3n) is 9.78. The molecule has 2 aromatic carbocycles. The van der Waals surface area contributed by atoms with Crippen molar-refractivity contribution in [2.75, 3.05) is 32.5 Å². The molecule has 6 rings (SSSR count). The summed E-state index contributed by atoms with van der Waals surface area (Å²) >= 11 is 6.24. The van der Waals surface area contributed by atoms with Gasteiger partial charge in [0, 0.05) is 53.9 Å². The third-order valence-corrected chi connectivity index (χ3v) is 10.2. The molecule has 0 spiro atoms. The lowest BCUT2D eigenvalue weighted by molar-refractivity contribution is -0.121. The predicted octanol–water partition coefficient (Wildman–Crippen LogP) is 7.51. The van der Waals surface area contributed by atoms with Gasteiger partial charge in [-0.05, 0) is 99.6 Å². The zero-order chi connectivity index (χ0) is 31.7. The lowest BCUT2D eigenvalue weighted by Crippen LogP contribution is -2.48. The van der Waals surface area contributed by atoms with Crippen molar-refractivity contribution in [1.29, 1.82) is 0 Å². The fourth-order valence-corrected chi connectivity index (χ4v) is 7.25. The third kappa shape index (κ3) is 6.96. The second kappa shape index (κ2) is 13.6. The van der Waals surface area contributed by atoms with Gasteiger partial charge in [-0.15, -0.1) is 0 Å². The van der Waals surface area contributed by atoms with E-state index in [1.807, 2.05) is 48.2 Å². The number of piperidine rings is 1. The van der Waals surface area contributed by atoms with Crippen molar-refractivity contribution in [3.8, 4) is 0 Å². The minimum atomic E-state index is -0.677. The molecule has 8 heteroatoms. The number of hydrogen-bond donors (Lipinski definition) is 1. The van der Waals surface area contributed by atoms with E-state index < -0.39 is 6.04 Å². The van der Waals surface area contributed by atoms with Gasteiger partial charge in [0.15, 0.2) is 0 Å². The van der Waals surface area contributed by atoms with E-state index in [1.165, 1.54) is 11.1 Å². The van der Waals surface area contributed by atoms with E-state index in [-0.39, 0.29) is 23.9 Å². The number of aryl methyl sites for hydroxylation is 1. The smallest absolute Gasteiger partial charge is 0.255 e. The van der Waals surface area contributed by atoms with E-state index in [0.29, 0.717) is 17.3 Å². The average Bonchev–Trinajstić information content (AvgIpc) is 3.83. The molecular weight excluding hydrogens is 582 g/mol. The number of rotatable bonds is 11. The number of hydrogen-bond acceptors (Lipinski definition) is 5. The molecule has 1 saturated heterocycles. The number of carbonyl (C=O) groups is 2. The lowest BCUT2D eigenvalue weighted by atomic mass is 9.98. The van der Waals surface area contributed by atoms with E-state index in [4.69, 9.17) is 16.6 Å². The van der Waals surface area contributed by atoms with Gasteiger partial charge in [-0.25, -0.2) is 4.98 Å². The molecule has 3 heterocycles. The average molecular weight is 628 g/mol. The van der Waals surface area contributed by atoms with Crippen molar-refractivity contribution >= 4 is 29.2 Å². The zero-order valence-corrected chi connectivity index (χ0v) is 27.8. The van der Waals surface area contributed by atoms with Crippen LogP contribution in [0.15, 0.2) is 54.6 Å². The molecular formula is C37H46ClN5O2. The molecule has 3 aliphatic rings. The number of likely N-dealkylation sites (tertiary alicyclic amines) is 1. The number of anilines is 1. The van der Waals surface area contributed by atoms with Crippen molar-refractivity contribution in [1.82, 2.24) is 19.7 Å². The predicted molar refractivity (Wildman–Crippen MR) is 181 cm³/mol. The summed E-state index contributed by atoms with van der Waals surface area (Å²) in [5, 5.41) is 3.98. The van der Waals surface area contributed by atoms with E-state index in [9.17, 15) is 9.59 Å². The maximum absolute atomic E-state index is 14.2. The number of carbonyl (C=O) groups excluding carboxylic acids is 2. The first-order chi connectivity index (χ1) is 21.7. The number of nitrogens with one attached hydrogen (secondary N) is 1. The second-order valence-corrected chi connectivity index (χ2v) is 13.8. The maximum atomic E-state index is 14.2. The molecule has 1 aromatic heterocycles. The first-order valence-corrected chi connectivity index (χ1v) is 17.0. The number of benzene rings is 2. The van der Waals surface area contributed by atoms with Crippen LogP contribution >= 0.6 is 11.6 Å². The summed E-state index contributed by atoms with van der Waals surface area (Å²) < 4.78 is 0. The van der Waals surface area contributed by atoms with Crippen LogP contribution in [-0.2, 0) is 11.3 Å². The summed E-state index contributed by atoms with van der Waals surface area (Å²) in [6.45, 7) is 6.82. The summed E-state index contributed by atoms with van der Waals surface area (Å²) in [5.74, 6) is 0.813. The summed E-state index contributed by atoms with van der Waals surface area (Å²) in [7, 11) is 4.24. The number of pyridine rings is 1.